The van der Waals surface area contributed by atoms with Gasteiger partial charge in [0, 0.05) is 18.8 Å². The molecule has 6 heteroatoms. The number of rotatable bonds is 1. The Bertz CT molecular complexity index is 419. The van der Waals surface area contributed by atoms with Crippen LogP contribution in [0.15, 0.2) is 0 Å². The SMILES string of the molecule is Cc1n[nH]c(C)c1C(=O)N1CCNC(=O)C1. The summed E-state index contributed by atoms with van der Waals surface area (Å²) in [5.41, 5.74) is 2.00. The van der Waals surface area contributed by atoms with Crippen LogP contribution in [0, 0.1) is 13.8 Å². The summed E-state index contributed by atoms with van der Waals surface area (Å²) in [5, 5.41) is 9.43. The smallest absolute Gasteiger partial charge is 0.258 e. The summed E-state index contributed by atoms with van der Waals surface area (Å²) in [4.78, 5) is 24.9. The molecule has 16 heavy (non-hydrogen) atoms. The molecule has 0 spiro atoms. The summed E-state index contributed by atoms with van der Waals surface area (Å²) in [7, 11) is 0. The van der Waals surface area contributed by atoms with E-state index in [9.17, 15) is 9.59 Å². The second-order valence-corrected chi connectivity index (χ2v) is 3.89. The number of carbonyl (C=O) groups excluding carboxylic acids is 2. The average molecular weight is 222 g/mol. The third kappa shape index (κ3) is 1.78. The van der Waals surface area contributed by atoms with Crippen molar-refractivity contribution in [1.82, 2.24) is 20.4 Å². The number of nitrogens with one attached hydrogen (secondary N) is 2. The Balaban J connectivity index is 2.22. The van der Waals surface area contributed by atoms with Crippen LogP contribution >= 0.6 is 0 Å². The van der Waals surface area contributed by atoms with Crippen molar-refractivity contribution >= 4 is 11.8 Å². The van der Waals surface area contributed by atoms with Crippen molar-refractivity contribution in [3.63, 3.8) is 0 Å². The minimum atomic E-state index is -0.126. The number of hydrogen-bond acceptors (Lipinski definition) is 3. The number of piperazine rings is 1. The molecule has 6 nitrogen and oxygen atoms in total. The summed E-state index contributed by atoms with van der Waals surface area (Å²) in [6, 6.07) is 0. The first-order valence-corrected chi connectivity index (χ1v) is 5.17. The van der Waals surface area contributed by atoms with E-state index in [0.29, 0.717) is 24.3 Å². The van der Waals surface area contributed by atoms with E-state index in [-0.39, 0.29) is 18.4 Å². The van der Waals surface area contributed by atoms with E-state index in [1.54, 1.807) is 18.7 Å². The number of H-pyrrole nitrogens is 1. The molecule has 2 rings (SSSR count). The molecule has 2 heterocycles. The molecule has 1 aromatic rings. The minimum Gasteiger partial charge on any atom is -0.353 e. The number of aryl methyl sites for hydroxylation is 2. The number of aromatic nitrogens is 2. The van der Waals surface area contributed by atoms with Gasteiger partial charge in [-0.2, -0.15) is 5.10 Å². The third-order valence-corrected chi connectivity index (χ3v) is 2.67. The summed E-state index contributed by atoms with van der Waals surface area (Å²) in [6.07, 6.45) is 0. The quantitative estimate of drug-likeness (QED) is 0.678. The maximum Gasteiger partial charge on any atom is 0.258 e. The van der Waals surface area contributed by atoms with E-state index < -0.39 is 0 Å². The molecular formula is C10H14N4O2. The summed E-state index contributed by atoms with van der Waals surface area (Å²) in [5.74, 6) is -0.239. The average Bonchev–Trinajstić information content (AvgIpc) is 2.58. The first kappa shape index (κ1) is 10.7. The first-order chi connectivity index (χ1) is 7.59. The monoisotopic (exact) mass is 222 g/mol. The Kier molecular flexibility index (Phi) is 2.64. The molecule has 0 unspecified atom stereocenters. The molecule has 0 aliphatic carbocycles. The summed E-state index contributed by atoms with van der Waals surface area (Å²) < 4.78 is 0. The minimum absolute atomic E-state index is 0.113. The predicted octanol–water partition coefficient (Wildman–Crippen LogP) is -0.401. The maximum atomic E-state index is 12.1. The lowest BCUT2D eigenvalue weighted by molar-refractivity contribution is -0.123. The molecule has 0 aromatic carbocycles. The molecule has 1 aliphatic rings. The first-order valence-electron chi connectivity index (χ1n) is 5.17. The van der Waals surface area contributed by atoms with Gasteiger partial charge < -0.3 is 10.2 Å². The third-order valence-electron chi connectivity index (χ3n) is 2.67. The zero-order chi connectivity index (χ0) is 11.7. The van der Waals surface area contributed by atoms with Crippen LogP contribution in [0.2, 0.25) is 0 Å². The van der Waals surface area contributed by atoms with Crippen molar-refractivity contribution in [2.75, 3.05) is 19.6 Å². The highest BCUT2D eigenvalue weighted by Gasteiger charge is 2.25. The molecule has 1 aromatic heterocycles. The molecule has 2 amide bonds. The van der Waals surface area contributed by atoms with E-state index >= 15 is 0 Å². The number of nitrogens with zero attached hydrogens (tertiary/aromatic N) is 2. The van der Waals surface area contributed by atoms with Crippen LogP contribution in [0.5, 0.6) is 0 Å². The van der Waals surface area contributed by atoms with Crippen LogP contribution in [0.4, 0.5) is 0 Å². The fraction of sp³-hybridized carbons (Fsp3) is 0.500. The lowest BCUT2D eigenvalue weighted by Crippen LogP contribution is -2.50. The van der Waals surface area contributed by atoms with Gasteiger partial charge in [0.05, 0.1) is 17.8 Å². The Morgan fingerprint density at radius 1 is 1.44 bits per heavy atom. The van der Waals surface area contributed by atoms with Crippen LogP contribution < -0.4 is 5.32 Å². The van der Waals surface area contributed by atoms with Gasteiger partial charge in [0.15, 0.2) is 0 Å². The molecule has 0 bridgehead atoms. The maximum absolute atomic E-state index is 12.1. The van der Waals surface area contributed by atoms with Gasteiger partial charge in [-0.05, 0) is 13.8 Å². The topological polar surface area (TPSA) is 78.1 Å². The lowest BCUT2D eigenvalue weighted by Gasteiger charge is -2.26. The molecule has 1 saturated heterocycles. The highest BCUT2D eigenvalue weighted by molar-refractivity contribution is 5.98. The van der Waals surface area contributed by atoms with Crippen LogP contribution in [-0.2, 0) is 4.79 Å². The number of aromatic amines is 1. The van der Waals surface area contributed by atoms with E-state index in [0.717, 1.165) is 5.69 Å². The van der Waals surface area contributed by atoms with Crippen molar-refractivity contribution < 1.29 is 9.59 Å². The van der Waals surface area contributed by atoms with Gasteiger partial charge in [-0.15, -0.1) is 0 Å². The second-order valence-electron chi connectivity index (χ2n) is 3.89. The molecule has 2 N–H and O–H groups in total. The standard InChI is InChI=1S/C10H14N4O2/c1-6-9(7(2)13-12-6)10(16)14-4-3-11-8(15)5-14/h3-5H2,1-2H3,(H,11,15)(H,12,13). The fourth-order valence-corrected chi connectivity index (χ4v) is 1.84. The van der Waals surface area contributed by atoms with Crippen molar-refractivity contribution in [1.29, 1.82) is 0 Å². The zero-order valence-corrected chi connectivity index (χ0v) is 9.33. The van der Waals surface area contributed by atoms with E-state index in [2.05, 4.69) is 15.5 Å². The second kappa shape index (κ2) is 3.96. The highest BCUT2D eigenvalue weighted by Crippen LogP contribution is 2.13. The number of amides is 2. The summed E-state index contributed by atoms with van der Waals surface area (Å²) in [6.45, 7) is 4.77. The Morgan fingerprint density at radius 2 is 2.19 bits per heavy atom. The van der Waals surface area contributed by atoms with Gasteiger partial charge in [-0.25, -0.2) is 0 Å². The van der Waals surface area contributed by atoms with Gasteiger partial charge in [-0.1, -0.05) is 0 Å². The number of carbonyl (C=O) groups is 2. The van der Waals surface area contributed by atoms with Crippen molar-refractivity contribution in [3.8, 4) is 0 Å². The van der Waals surface area contributed by atoms with Gasteiger partial charge in [0.2, 0.25) is 5.91 Å². The van der Waals surface area contributed by atoms with Gasteiger partial charge in [-0.3, -0.25) is 14.7 Å². The predicted molar refractivity (Wildman–Crippen MR) is 57.0 cm³/mol. The Labute approximate surface area is 93.0 Å². The van der Waals surface area contributed by atoms with Gasteiger partial charge >= 0.3 is 0 Å². The Hall–Kier alpha value is -1.85. The zero-order valence-electron chi connectivity index (χ0n) is 9.33. The van der Waals surface area contributed by atoms with E-state index in [1.165, 1.54) is 0 Å². The van der Waals surface area contributed by atoms with Crippen LogP contribution in [0.25, 0.3) is 0 Å². The normalized spacial score (nSPS) is 16.1. The van der Waals surface area contributed by atoms with Crippen molar-refractivity contribution in [3.05, 3.63) is 17.0 Å². The highest BCUT2D eigenvalue weighted by atomic mass is 16.2. The largest absolute Gasteiger partial charge is 0.353 e. The van der Waals surface area contributed by atoms with Crippen molar-refractivity contribution in [2.24, 2.45) is 0 Å². The molecule has 0 saturated carbocycles. The van der Waals surface area contributed by atoms with Crippen LogP contribution in [0.3, 0.4) is 0 Å². The van der Waals surface area contributed by atoms with Crippen LogP contribution in [0.1, 0.15) is 21.7 Å². The molecular weight excluding hydrogens is 208 g/mol. The number of hydrogen-bond donors (Lipinski definition) is 2. The van der Waals surface area contributed by atoms with Gasteiger partial charge in [0.1, 0.15) is 0 Å². The molecule has 0 atom stereocenters. The fourth-order valence-electron chi connectivity index (χ4n) is 1.84. The van der Waals surface area contributed by atoms with E-state index in [4.69, 9.17) is 0 Å². The molecule has 0 radical (unpaired) electrons. The molecule has 1 fully saturated rings. The van der Waals surface area contributed by atoms with Gasteiger partial charge in [0.25, 0.3) is 5.91 Å². The Morgan fingerprint density at radius 3 is 2.75 bits per heavy atom. The molecule has 86 valence electrons. The summed E-state index contributed by atoms with van der Waals surface area (Å²) >= 11 is 0. The van der Waals surface area contributed by atoms with E-state index in [1.807, 2.05) is 0 Å². The van der Waals surface area contributed by atoms with Crippen LogP contribution in [-0.4, -0.2) is 46.5 Å². The lowest BCUT2D eigenvalue weighted by atomic mass is 10.1. The molecule has 1 aliphatic heterocycles. The van der Waals surface area contributed by atoms with Crippen molar-refractivity contribution in [2.45, 2.75) is 13.8 Å².